The van der Waals surface area contributed by atoms with Gasteiger partial charge in [-0.25, -0.2) is 4.98 Å². The van der Waals surface area contributed by atoms with Gasteiger partial charge >= 0.3 is 0 Å². The first-order valence-corrected chi connectivity index (χ1v) is 7.04. The molecule has 112 valence electrons. The number of carbonyl (C=O) groups excluding carboxylic acids is 2. The number of thioether (sulfide) groups is 1. The highest BCUT2D eigenvalue weighted by atomic mass is 32.2. The second-order valence-electron chi connectivity index (χ2n) is 4.16. The van der Waals surface area contributed by atoms with Crippen LogP contribution in [0.25, 0.3) is 0 Å². The number of benzene rings is 1. The van der Waals surface area contributed by atoms with E-state index in [0.717, 1.165) is 11.8 Å². The van der Waals surface area contributed by atoms with Crippen LogP contribution in [0.3, 0.4) is 0 Å². The van der Waals surface area contributed by atoms with E-state index in [-0.39, 0.29) is 33.4 Å². The zero-order valence-corrected chi connectivity index (χ0v) is 11.9. The van der Waals surface area contributed by atoms with Crippen LogP contribution in [0.1, 0.15) is 20.7 Å². The van der Waals surface area contributed by atoms with E-state index in [4.69, 9.17) is 0 Å². The lowest BCUT2D eigenvalue weighted by molar-refractivity contribution is -0.384. The van der Waals surface area contributed by atoms with E-state index in [2.05, 4.69) is 4.98 Å². The molecular formula is C14H9N2O5S-. The summed E-state index contributed by atoms with van der Waals surface area (Å²) in [7, 11) is 0. The van der Waals surface area contributed by atoms with Gasteiger partial charge in [0.15, 0.2) is 5.78 Å². The predicted octanol–water partition coefficient (Wildman–Crippen LogP) is 1.33. The molecule has 0 unspecified atom stereocenters. The summed E-state index contributed by atoms with van der Waals surface area (Å²) in [5, 5.41) is 21.8. The number of nitro groups is 1. The Morgan fingerprint density at radius 3 is 2.68 bits per heavy atom. The number of aromatic nitrogens is 1. The maximum atomic E-state index is 12.0. The molecule has 0 spiro atoms. The number of nitro benzene ring substituents is 1. The van der Waals surface area contributed by atoms with Crippen molar-refractivity contribution in [1.29, 1.82) is 0 Å². The van der Waals surface area contributed by atoms with Crippen molar-refractivity contribution < 1.29 is 19.6 Å². The van der Waals surface area contributed by atoms with Gasteiger partial charge in [-0.15, -0.1) is 0 Å². The normalized spacial score (nSPS) is 10.2. The highest BCUT2D eigenvalue weighted by molar-refractivity contribution is 8.00. The number of pyridine rings is 1. The molecule has 0 aliphatic rings. The molecule has 1 aromatic heterocycles. The number of nitrogens with zero attached hydrogens (tertiary/aromatic N) is 2. The zero-order valence-electron chi connectivity index (χ0n) is 11.1. The highest BCUT2D eigenvalue weighted by Gasteiger charge is 2.13. The number of hydrogen-bond acceptors (Lipinski definition) is 7. The lowest BCUT2D eigenvalue weighted by Gasteiger charge is -2.08. The van der Waals surface area contributed by atoms with Crippen molar-refractivity contribution in [1.82, 2.24) is 4.98 Å². The van der Waals surface area contributed by atoms with Crippen molar-refractivity contribution >= 4 is 29.2 Å². The SMILES string of the molecule is O=C(CSc1ncccc1C(=O)[O-])c1cccc([N+](=O)[O-])c1. The van der Waals surface area contributed by atoms with E-state index in [0.29, 0.717) is 0 Å². The first-order valence-electron chi connectivity index (χ1n) is 6.06. The fraction of sp³-hybridized carbons (Fsp3) is 0.0714. The Labute approximate surface area is 129 Å². The second kappa shape index (κ2) is 6.81. The molecule has 2 rings (SSSR count). The molecule has 0 aliphatic carbocycles. The molecule has 0 fully saturated rings. The van der Waals surface area contributed by atoms with Crippen LogP contribution in [0.2, 0.25) is 0 Å². The summed E-state index contributed by atoms with van der Waals surface area (Å²) in [5.74, 6) is -1.82. The van der Waals surface area contributed by atoms with Crippen LogP contribution in [0.5, 0.6) is 0 Å². The lowest BCUT2D eigenvalue weighted by atomic mass is 10.1. The van der Waals surface area contributed by atoms with Gasteiger partial charge in [-0.3, -0.25) is 14.9 Å². The first kappa shape index (κ1) is 15.6. The van der Waals surface area contributed by atoms with Gasteiger partial charge in [-0.2, -0.15) is 0 Å². The summed E-state index contributed by atoms with van der Waals surface area (Å²) >= 11 is 0.941. The minimum Gasteiger partial charge on any atom is -0.545 e. The van der Waals surface area contributed by atoms with Gasteiger partial charge in [0.05, 0.1) is 16.6 Å². The van der Waals surface area contributed by atoms with Crippen LogP contribution in [0, 0.1) is 10.1 Å². The largest absolute Gasteiger partial charge is 0.545 e. The van der Waals surface area contributed by atoms with E-state index in [1.165, 1.54) is 42.6 Å². The van der Waals surface area contributed by atoms with Crippen molar-refractivity contribution in [2.75, 3.05) is 5.75 Å². The van der Waals surface area contributed by atoms with Crippen LogP contribution in [-0.2, 0) is 0 Å². The number of rotatable bonds is 6. The smallest absolute Gasteiger partial charge is 0.270 e. The number of aromatic carboxylic acids is 1. The zero-order chi connectivity index (χ0) is 16.1. The van der Waals surface area contributed by atoms with E-state index >= 15 is 0 Å². The van der Waals surface area contributed by atoms with Gasteiger partial charge < -0.3 is 9.90 Å². The van der Waals surface area contributed by atoms with Gasteiger partial charge in [0, 0.05) is 29.5 Å². The molecule has 0 atom stereocenters. The quantitative estimate of drug-likeness (QED) is 0.342. The third-order valence-electron chi connectivity index (χ3n) is 2.71. The number of Topliss-reactive ketones (excluding diaryl/α,β-unsaturated/α-hetero) is 1. The molecule has 1 heterocycles. The molecule has 0 N–H and O–H groups in total. The molecule has 7 nitrogen and oxygen atoms in total. The maximum absolute atomic E-state index is 12.0. The van der Waals surface area contributed by atoms with E-state index < -0.39 is 10.9 Å². The molecule has 0 amide bonds. The molecular weight excluding hydrogens is 308 g/mol. The second-order valence-corrected chi connectivity index (χ2v) is 5.13. The van der Waals surface area contributed by atoms with Crippen LogP contribution in [0.15, 0.2) is 47.6 Å². The maximum Gasteiger partial charge on any atom is 0.270 e. The average molecular weight is 317 g/mol. The van der Waals surface area contributed by atoms with Crippen LogP contribution >= 0.6 is 11.8 Å². The van der Waals surface area contributed by atoms with Crippen molar-refractivity contribution in [3.05, 3.63) is 63.8 Å². The Bertz CT molecular complexity index is 748. The monoisotopic (exact) mass is 317 g/mol. The minimum absolute atomic E-state index is 0.0849. The highest BCUT2D eigenvalue weighted by Crippen LogP contribution is 2.21. The topological polar surface area (TPSA) is 113 Å². The number of hydrogen-bond donors (Lipinski definition) is 0. The standard InChI is InChI=1S/C14H10N2O5S/c17-12(9-3-1-4-10(7-9)16(20)21)8-22-13-11(14(18)19)5-2-6-15-13/h1-7H,8H2,(H,18,19)/p-1. The fourth-order valence-electron chi connectivity index (χ4n) is 1.67. The number of carbonyl (C=O) groups is 2. The molecule has 0 aliphatic heterocycles. The van der Waals surface area contributed by atoms with Gasteiger partial charge in [0.1, 0.15) is 5.03 Å². The molecule has 0 radical (unpaired) electrons. The summed E-state index contributed by atoms with van der Waals surface area (Å²) in [4.78, 5) is 37.0. The summed E-state index contributed by atoms with van der Waals surface area (Å²) < 4.78 is 0. The Balaban J connectivity index is 2.12. The van der Waals surface area contributed by atoms with Crippen LogP contribution < -0.4 is 5.11 Å². The molecule has 2 aromatic rings. The number of non-ortho nitro benzene ring substituents is 1. The Morgan fingerprint density at radius 2 is 2.00 bits per heavy atom. The lowest BCUT2D eigenvalue weighted by Crippen LogP contribution is -2.23. The van der Waals surface area contributed by atoms with Crippen LogP contribution in [-0.4, -0.2) is 27.4 Å². The Kier molecular flexibility index (Phi) is 4.84. The van der Waals surface area contributed by atoms with Crippen molar-refractivity contribution in [2.45, 2.75) is 5.03 Å². The van der Waals surface area contributed by atoms with Gasteiger partial charge in [-0.1, -0.05) is 23.9 Å². The Morgan fingerprint density at radius 1 is 1.23 bits per heavy atom. The van der Waals surface area contributed by atoms with Crippen molar-refractivity contribution in [3.63, 3.8) is 0 Å². The van der Waals surface area contributed by atoms with Crippen molar-refractivity contribution in [2.24, 2.45) is 0 Å². The summed E-state index contributed by atoms with van der Waals surface area (Å²) in [6.45, 7) is 0. The third-order valence-corrected chi connectivity index (χ3v) is 3.72. The molecule has 22 heavy (non-hydrogen) atoms. The first-order chi connectivity index (χ1) is 10.5. The van der Waals surface area contributed by atoms with Gasteiger partial charge in [-0.05, 0) is 12.1 Å². The van der Waals surface area contributed by atoms with Crippen molar-refractivity contribution in [3.8, 4) is 0 Å². The fourth-order valence-corrected chi connectivity index (χ4v) is 2.55. The van der Waals surface area contributed by atoms with Crippen LogP contribution in [0.4, 0.5) is 5.69 Å². The molecule has 1 aromatic carbocycles. The van der Waals surface area contributed by atoms with Gasteiger partial charge in [0.25, 0.3) is 5.69 Å². The molecule has 0 bridgehead atoms. The van der Waals surface area contributed by atoms with E-state index in [1.807, 2.05) is 0 Å². The summed E-state index contributed by atoms with van der Waals surface area (Å²) in [5.41, 5.74) is -0.0870. The van der Waals surface area contributed by atoms with E-state index in [1.54, 1.807) is 0 Å². The van der Waals surface area contributed by atoms with E-state index in [9.17, 15) is 24.8 Å². The predicted molar refractivity (Wildman–Crippen MR) is 76.7 cm³/mol. The number of ketones is 1. The summed E-state index contributed by atoms with van der Waals surface area (Å²) in [6, 6.07) is 8.15. The molecule has 8 heteroatoms. The third kappa shape index (κ3) is 3.67. The molecule has 0 saturated carbocycles. The molecule has 0 saturated heterocycles. The van der Waals surface area contributed by atoms with Gasteiger partial charge in [0.2, 0.25) is 0 Å². The number of carboxylic acid groups (broad SMARTS) is 1. The Hall–Kier alpha value is -2.74. The summed E-state index contributed by atoms with van der Waals surface area (Å²) in [6.07, 6.45) is 1.41. The average Bonchev–Trinajstić information content (AvgIpc) is 2.52. The number of carboxylic acids is 1. The minimum atomic E-state index is -1.38.